The van der Waals surface area contributed by atoms with E-state index >= 15 is 0 Å². The van der Waals surface area contributed by atoms with Crippen LogP contribution in [0.5, 0.6) is 0 Å². The van der Waals surface area contributed by atoms with Crippen LogP contribution in [0.2, 0.25) is 0 Å². The summed E-state index contributed by atoms with van der Waals surface area (Å²) in [7, 11) is 0. The first-order valence-corrected chi connectivity index (χ1v) is 6.52. The van der Waals surface area contributed by atoms with E-state index in [4.69, 9.17) is 5.73 Å². The van der Waals surface area contributed by atoms with Gasteiger partial charge in [0.25, 0.3) is 0 Å². The first kappa shape index (κ1) is 16.1. The van der Waals surface area contributed by atoms with Crippen LogP contribution in [0.15, 0.2) is 24.3 Å². The standard InChI is InChI=1S/C14H20FN3O2/c1-3-9(2)13(16)14(20)17-8-12(19)18-11-6-4-5-10(15)7-11/h4-7,9,13H,3,8,16H2,1-2H3,(H,17,20)(H,18,19). The van der Waals surface area contributed by atoms with E-state index in [2.05, 4.69) is 10.6 Å². The van der Waals surface area contributed by atoms with Crippen molar-refractivity contribution in [3.8, 4) is 0 Å². The molecule has 0 heterocycles. The second kappa shape index (κ2) is 7.59. The maximum atomic E-state index is 12.9. The summed E-state index contributed by atoms with van der Waals surface area (Å²) in [5, 5.41) is 4.95. The van der Waals surface area contributed by atoms with Crippen molar-refractivity contribution < 1.29 is 14.0 Å². The van der Waals surface area contributed by atoms with Crippen molar-refractivity contribution in [3.63, 3.8) is 0 Å². The van der Waals surface area contributed by atoms with E-state index in [1.165, 1.54) is 18.2 Å². The lowest BCUT2D eigenvalue weighted by Gasteiger charge is -2.17. The number of rotatable bonds is 6. The molecule has 1 rings (SSSR count). The number of hydrogen-bond donors (Lipinski definition) is 3. The van der Waals surface area contributed by atoms with E-state index in [1.54, 1.807) is 6.07 Å². The summed E-state index contributed by atoms with van der Waals surface area (Å²) < 4.78 is 12.9. The fraction of sp³-hybridized carbons (Fsp3) is 0.429. The van der Waals surface area contributed by atoms with Gasteiger partial charge in [-0.15, -0.1) is 0 Å². The molecule has 0 bridgehead atoms. The van der Waals surface area contributed by atoms with Gasteiger partial charge < -0.3 is 16.4 Å². The van der Waals surface area contributed by atoms with E-state index in [1.807, 2.05) is 13.8 Å². The molecule has 2 amide bonds. The van der Waals surface area contributed by atoms with Crippen LogP contribution in [0.1, 0.15) is 20.3 Å². The molecule has 0 spiro atoms. The number of nitrogens with one attached hydrogen (secondary N) is 2. The van der Waals surface area contributed by atoms with Crippen molar-refractivity contribution in [1.82, 2.24) is 5.32 Å². The van der Waals surface area contributed by atoms with E-state index in [0.717, 1.165) is 6.42 Å². The van der Waals surface area contributed by atoms with Gasteiger partial charge >= 0.3 is 0 Å². The minimum Gasteiger partial charge on any atom is -0.346 e. The second-order valence-electron chi connectivity index (χ2n) is 4.69. The Morgan fingerprint density at radius 2 is 2.10 bits per heavy atom. The quantitative estimate of drug-likeness (QED) is 0.734. The summed E-state index contributed by atoms with van der Waals surface area (Å²) in [6.45, 7) is 3.62. The van der Waals surface area contributed by atoms with Gasteiger partial charge in [-0.2, -0.15) is 0 Å². The highest BCUT2D eigenvalue weighted by Crippen LogP contribution is 2.08. The van der Waals surface area contributed by atoms with Gasteiger partial charge in [0, 0.05) is 5.69 Å². The van der Waals surface area contributed by atoms with Crippen LogP contribution in [0.25, 0.3) is 0 Å². The van der Waals surface area contributed by atoms with Crippen molar-refractivity contribution in [3.05, 3.63) is 30.1 Å². The Bertz CT molecular complexity index is 479. The summed E-state index contributed by atoms with van der Waals surface area (Å²) >= 11 is 0. The monoisotopic (exact) mass is 281 g/mol. The van der Waals surface area contributed by atoms with Crippen LogP contribution in [-0.2, 0) is 9.59 Å². The molecule has 0 fully saturated rings. The first-order chi connectivity index (χ1) is 9.43. The Labute approximate surface area is 117 Å². The number of halogens is 1. The van der Waals surface area contributed by atoms with Crippen LogP contribution < -0.4 is 16.4 Å². The zero-order valence-corrected chi connectivity index (χ0v) is 11.7. The molecule has 0 saturated carbocycles. The molecule has 0 aromatic heterocycles. The van der Waals surface area contributed by atoms with Crippen molar-refractivity contribution in [2.75, 3.05) is 11.9 Å². The molecule has 0 radical (unpaired) electrons. The third-order valence-corrected chi connectivity index (χ3v) is 3.09. The zero-order chi connectivity index (χ0) is 15.1. The van der Waals surface area contributed by atoms with Crippen LogP contribution in [0.4, 0.5) is 10.1 Å². The van der Waals surface area contributed by atoms with Crippen molar-refractivity contribution in [2.45, 2.75) is 26.3 Å². The summed E-state index contributed by atoms with van der Waals surface area (Å²) in [5.41, 5.74) is 6.08. The van der Waals surface area contributed by atoms with Crippen molar-refractivity contribution in [1.29, 1.82) is 0 Å². The summed E-state index contributed by atoms with van der Waals surface area (Å²) in [6.07, 6.45) is 0.782. The highest BCUT2D eigenvalue weighted by Gasteiger charge is 2.19. The van der Waals surface area contributed by atoms with Gasteiger partial charge in [0.05, 0.1) is 12.6 Å². The number of carbonyl (C=O) groups excluding carboxylic acids is 2. The third-order valence-electron chi connectivity index (χ3n) is 3.09. The minimum atomic E-state index is -0.637. The molecule has 1 aromatic carbocycles. The Morgan fingerprint density at radius 3 is 2.70 bits per heavy atom. The highest BCUT2D eigenvalue weighted by molar-refractivity contribution is 5.95. The summed E-state index contributed by atoms with van der Waals surface area (Å²) in [5.74, 6) is -1.19. The molecule has 2 unspecified atom stereocenters. The fourth-order valence-corrected chi connectivity index (χ4v) is 1.57. The highest BCUT2D eigenvalue weighted by atomic mass is 19.1. The predicted octanol–water partition coefficient (Wildman–Crippen LogP) is 1.25. The lowest BCUT2D eigenvalue weighted by Crippen LogP contribution is -2.46. The zero-order valence-electron chi connectivity index (χ0n) is 11.7. The number of amides is 2. The molecule has 0 aliphatic heterocycles. The van der Waals surface area contributed by atoms with Gasteiger partial charge in [-0.1, -0.05) is 26.3 Å². The molecule has 4 N–H and O–H groups in total. The predicted molar refractivity (Wildman–Crippen MR) is 75.5 cm³/mol. The van der Waals surface area contributed by atoms with Crippen LogP contribution in [0, 0.1) is 11.7 Å². The Hall–Kier alpha value is -1.95. The van der Waals surface area contributed by atoms with Gasteiger partial charge in [0.15, 0.2) is 0 Å². The van der Waals surface area contributed by atoms with Gasteiger partial charge in [-0.05, 0) is 24.1 Å². The number of hydrogen-bond acceptors (Lipinski definition) is 3. The molecule has 6 heteroatoms. The average molecular weight is 281 g/mol. The molecule has 1 aromatic rings. The largest absolute Gasteiger partial charge is 0.346 e. The molecule has 0 saturated heterocycles. The van der Waals surface area contributed by atoms with Crippen molar-refractivity contribution in [2.24, 2.45) is 11.7 Å². The van der Waals surface area contributed by atoms with Gasteiger partial charge in [-0.25, -0.2) is 4.39 Å². The Morgan fingerprint density at radius 1 is 1.40 bits per heavy atom. The molecular weight excluding hydrogens is 261 g/mol. The molecule has 2 atom stereocenters. The van der Waals surface area contributed by atoms with Gasteiger partial charge in [0.2, 0.25) is 11.8 Å². The van der Waals surface area contributed by atoms with Crippen molar-refractivity contribution >= 4 is 17.5 Å². The topological polar surface area (TPSA) is 84.2 Å². The number of benzene rings is 1. The second-order valence-corrected chi connectivity index (χ2v) is 4.69. The molecule has 0 aliphatic rings. The summed E-state index contributed by atoms with van der Waals surface area (Å²) in [4.78, 5) is 23.3. The molecule has 0 aliphatic carbocycles. The molecule has 20 heavy (non-hydrogen) atoms. The molecule has 5 nitrogen and oxygen atoms in total. The van der Waals surface area contributed by atoms with Crippen LogP contribution in [-0.4, -0.2) is 24.4 Å². The summed E-state index contributed by atoms with van der Waals surface area (Å²) in [6, 6.07) is 4.89. The fourth-order valence-electron chi connectivity index (χ4n) is 1.57. The average Bonchev–Trinajstić information content (AvgIpc) is 2.43. The third kappa shape index (κ3) is 4.97. The SMILES string of the molecule is CCC(C)C(N)C(=O)NCC(=O)Nc1cccc(F)c1. The number of nitrogens with two attached hydrogens (primary N) is 1. The first-order valence-electron chi connectivity index (χ1n) is 6.52. The molecular formula is C14H20FN3O2. The Balaban J connectivity index is 2.42. The maximum Gasteiger partial charge on any atom is 0.243 e. The minimum absolute atomic E-state index is 0.0429. The normalized spacial score (nSPS) is 13.4. The van der Waals surface area contributed by atoms with Crippen LogP contribution in [0.3, 0.4) is 0 Å². The van der Waals surface area contributed by atoms with Gasteiger partial charge in [0.1, 0.15) is 5.82 Å². The van der Waals surface area contributed by atoms with E-state index in [9.17, 15) is 14.0 Å². The smallest absolute Gasteiger partial charge is 0.243 e. The van der Waals surface area contributed by atoms with E-state index in [-0.39, 0.29) is 18.4 Å². The molecule has 110 valence electrons. The van der Waals surface area contributed by atoms with Gasteiger partial charge in [-0.3, -0.25) is 9.59 Å². The van der Waals surface area contributed by atoms with E-state index in [0.29, 0.717) is 5.69 Å². The number of anilines is 1. The van der Waals surface area contributed by atoms with E-state index < -0.39 is 17.8 Å². The maximum absolute atomic E-state index is 12.9. The lowest BCUT2D eigenvalue weighted by molar-refractivity contribution is -0.125. The van der Waals surface area contributed by atoms with Crippen LogP contribution >= 0.6 is 0 Å². The lowest BCUT2D eigenvalue weighted by atomic mass is 9.99. The Kier molecular flexibility index (Phi) is 6.11. The number of carbonyl (C=O) groups is 2.